The normalized spacial score (nSPS) is 12.4. The van der Waals surface area contributed by atoms with E-state index < -0.39 is 8.07 Å². The smallest absolute Gasteiger partial charge is 0.191 e. The summed E-state index contributed by atoms with van der Waals surface area (Å²) in [7, 11) is -1.67. The minimum atomic E-state index is -1.67. The van der Waals surface area contributed by atoms with Gasteiger partial charge in [0.15, 0.2) is 5.43 Å². The summed E-state index contributed by atoms with van der Waals surface area (Å²) in [5, 5.41) is 3.92. The number of nitrogens with zero attached hydrogens (tertiary/aromatic N) is 1. The highest BCUT2D eigenvalue weighted by Crippen LogP contribution is 2.37. The van der Waals surface area contributed by atoms with E-state index >= 15 is 0 Å². The second-order valence-electron chi connectivity index (χ2n) is 13.8. The Morgan fingerprint density at radius 1 is 0.705 bits per heavy atom. The van der Waals surface area contributed by atoms with E-state index in [4.69, 9.17) is 9.40 Å². The van der Waals surface area contributed by atoms with Gasteiger partial charge in [-0.15, -0.1) is 0 Å². The first-order valence-corrected chi connectivity index (χ1v) is 18.7. The summed E-state index contributed by atoms with van der Waals surface area (Å²) in [6.07, 6.45) is 1.89. The maximum atomic E-state index is 13.3. The second-order valence-corrected chi connectivity index (χ2v) is 18.9. The van der Waals surface area contributed by atoms with Crippen LogP contribution in [0.25, 0.3) is 66.5 Å². The molecule has 44 heavy (non-hydrogen) atoms. The third-order valence-corrected chi connectivity index (χ3v) is 10.6. The van der Waals surface area contributed by atoms with E-state index in [9.17, 15) is 4.79 Å². The average molecular weight is 593 g/mol. The van der Waals surface area contributed by atoms with Gasteiger partial charge in [-0.05, 0) is 87.7 Å². The predicted octanol–water partition coefficient (Wildman–Crippen LogP) is 9.67. The second kappa shape index (κ2) is 10.2. The Hall–Kier alpha value is -4.74. The Balaban J connectivity index is 1.52. The van der Waals surface area contributed by atoms with Crippen molar-refractivity contribution in [3.63, 3.8) is 0 Å². The molecule has 3 aromatic heterocycles. The number of nitrogens with one attached hydrogen (secondary N) is 1. The lowest BCUT2D eigenvalue weighted by Crippen LogP contribution is -2.37. The van der Waals surface area contributed by atoms with Crippen LogP contribution < -0.4 is 10.6 Å². The van der Waals surface area contributed by atoms with Crippen molar-refractivity contribution < 1.29 is 4.42 Å². The van der Waals surface area contributed by atoms with Crippen molar-refractivity contribution >= 4 is 46.1 Å². The lowest BCUT2D eigenvalue weighted by molar-refractivity contribution is 0.590. The van der Waals surface area contributed by atoms with Crippen LogP contribution in [0.3, 0.4) is 0 Å². The van der Waals surface area contributed by atoms with E-state index in [-0.39, 0.29) is 10.8 Å². The SMILES string of the molecule is CC(C)(C)c1cc(-c2cc(-c3ccccc3)ccn2)cc(-c2cc3cc([Si](C)(C)C)cc4oc5cccc(=O)c5c([nH]2)c34)c1. The Morgan fingerprint density at radius 2 is 1.48 bits per heavy atom. The van der Waals surface area contributed by atoms with Crippen LogP contribution in [0.2, 0.25) is 19.6 Å². The summed E-state index contributed by atoms with van der Waals surface area (Å²) in [5.41, 5.74) is 9.55. The number of hydrogen-bond acceptors (Lipinski definition) is 3. The fourth-order valence-corrected chi connectivity index (χ4v) is 7.14. The van der Waals surface area contributed by atoms with Gasteiger partial charge in [0.1, 0.15) is 11.2 Å². The molecule has 218 valence electrons. The molecule has 0 aliphatic rings. The number of pyridine rings is 2. The molecule has 0 amide bonds. The van der Waals surface area contributed by atoms with E-state index in [0.717, 1.165) is 55.5 Å². The quantitative estimate of drug-likeness (QED) is 0.126. The van der Waals surface area contributed by atoms with Crippen LogP contribution in [0.4, 0.5) is 0 Å². The van der Waals surface area contributed by atoms with Crippen LogP contribution in [0, 0.1) is 0 Å². The first kappa shape index (κ1) is 28.1. The minimum absolute atomic E-state index is 0.0526. The van der Waals surface area contributed by atoms with E-state index in [0.29, 0.717) is 11.0 Å². The summed E-state index contributed by atoms with van der Waals surface area (Å²) in [6.45, 7) is 13.8. The molecule has 0 saturated carbocycles. The summed E-state index contributed by atoms with van der Waals surface area (Å²) < 4.78 is 6.39. The molecule has 0 atom stereocenters. The summed E-state index contributed by atoms with van der Waals surface area (Å²) in [5.74, 6) is 0. The summed E-state index contributed by atoms with van der Waals surface area (Å²) in [6, 6.07) is 33.3. The molecule has 0 fully saturated rings. The molecule has 0 aliphatic heterocycles. The standard InChI is InChI=1S/C39H36N2O2Si/c1-39(2,3)29-18-26(31-21-25(15-16-40-31)24-11-8-7-9-12-24)17-27(19-29)32-22-28-20-30(44(4,5)6)23-35-36(28)38(41-32)37-33(42)13-10-14-34(37)43-35/h7-23,41H,1-6H3. The van der Waals surface area contributed by atoms with E-state index in [2.05, 4.69) is 118 Å². The molecule has 4 aromatic carbocycles. The van der Waals surface area contributed by atoms with E-state index in [1.807, 2.05) is 18.3 Å². The zero-order chi connectivity index (χ0) is 30.8. The van der Waals surface area contributed by atoms with Crippen molar-refractivity contribution in [1.29, 1.82) is 0 Å². The molecule has 0 radical (unpaired) electrons. The van der Waals surface area contributed by atoms with Gasteiger partial charge < -0.3 is 9.40 Å². The van der Waals surface area contributed by atoms with Crippen LogP contribution in [0.1, 0.15) is 26.3 Å². The molecule has 3 heterocycles. The van der Waals surface area contributed by atoms with Gasteiger partial charge in [0, 0.05) is 22.8 Å². The fourth-order valence-electron chi connectivity index (χ4n) is 5.99. The van der Waals surface area contributed by atoms with Crippen molar-refractivity contribution in [2.75, 3.05) is 0 Å². The lowest BCUT2D eigenvalue weighted by atomic mass is 9.84. The molecular weight excluding hydrogens is 557 g/mol. The summed E-state index contributed by atoms with van der Waals surface area (Å²) in [4.78, 5) is 21.8. The van der Waals surface area contributed by atoms with Gasteiger partial charge in [-0.25, -0.2) is 0 Å². The number of hydrogen-bond donors (Lipinski definition) is 1. The van der Waals surface area contributed by atoms with Crippen molar-refractivity contribution in [3.8, 4) is 33.6 Å². The van der Waals surface area contributed by atoms with Crippen LogP contribution in [0.15, 0.2) is 112 Å². The largest absolute Gasteiger partial charge is 0.456 e. The lowest BCUT2D eigenvalue weighted by Gasteiger charge is -2.22. The highest BCUT2D eigenvalue weighted by Gasteiger charge is 2.22. The summed E-state index contributed by atoms with van der Waals surface area (Å²) >= 11 is 0. The highest BCUT2D eigenvalue weighted by molar-refractivity contribution is 6.89. The predicted molar refractivity (Wildman–Crippen MR) is 188 cm³/mol. The van der Waals surface area contributed by atoms with Gasteiger partial charge in [0.25, 0.3) is 0 Å². The van der Waals surface area contributed by atoms with Gasteiger partial charge in [-0.3, -0.25) is 9.78 Å². The number of benzene rings is 4. The third-order valence-electron chi connectivity index (χ3n) is 8.54. The van der Waals surface area contributed by atoms with Crippen molar-refractivity contribution in [2.45, 2.75) is 45.8 Å². The van der Waals surface area contributed by atoms with Crippen molar-refractivity contribution in [2.24, 2.45) is 0 Å². The van der Waals surface area contributed by atoms with Crippen LogP contribution in [-0.4, -0.2) is 18.0 Å². The van der Waals surface area contributed by atoms with Gasteiger partial charge >= 0.3 is 0 Å². The number of fused-ring (bicyclic) bond motifs is 2. The number of H-pyrrole nitrogens is 1. The van der Waals surface area contributed by atoms with Crippen molar-refractivity contribution in [1.82, 2.24) is 9.97 Å². The molecule has 0 aliphatic carbocycles. The molecular formula is C39H36N2O2Si. The molecule has 0 saturated heterocycles. The van der Waals surface area contributed by atoms with Gasteiger partial charge in [0.2, 0.25) is 0 Å². The maximum Gasteiger partial charge on any atom is 0.191 e. The molecule has 7 aromatic rings. The Labute approximate surface area is 258 Å². The molecule has 0 bridgehead atoms. The van der Waals surface area contributed by atoms with Gasteiger partial charge in [-0.1, -0.05) is 88.1 Å². The maximum absolute atomic E-state index is 13.3. The monoisotopic (exact) mass is 592 g/mol. The minimum Gasteiger partial charge on any atom is -0.456 e. The average Bonchev–Trinajstić information content (AvgIpc) is 3.00. The fraction of sp³-hybridized carbons (Fsp3) is 0.179. The van der Waals surface area contributed by atoms with Crippen LogP contribution in [-0.2, 0) is 5.41 Å². The van der Waals surface area contributed by atoms with E-state index in [1.54, 1.807) is 12.1 Å². The molecule has 1 N–H and O–H groups in total. The van der Waals surface area contributed by atoms with Crippen molar-refractivity contribution in [3.05, 3.63) is 119 Å². The zero-order valence-corrected chi connectivity index (χ0v) is 27.1. The Kier molecular flexibility index (Phi) is 6.48. The zero-order valence-electron chi connectivity index (χ0n) is 26.1. The molecule has 0 unspecified atom stereocenters. The first-order chi connectivity index (χ1) is 21.0. The number of aromatic nitrogens is 2. The van der Waals surface area contributed by atoms with Gasteiger partial charge in [-0.2, -0.15) is 0 Å². The molecule has 5 heteroatoms. The van der Waals surface area contributed by atoms with Crippen LogP contribution >= 0.6 is 0 Å². The molecule has 7 rings (SSSR count). The highest BCUT2D eigenvalue weighted by atomic mass is 28.3. The first-order valence-electron chi connectivity index (χ1n) is 15.2. The Morgan fingerprint density at radius 3 is 2.23 bits per heavy atom. The number of aromatic amines is 1. The number of rotatable bonds is 4. The third kappa shape index (κ3) is 4.97. The van der Waals surface area contributed by atoms with Gasteiger partial charge in [0.05, 0.1) is 24.7 Å². The Bertz CT molecular complexity index is 2270. The topological polar surface area (TPSA) is 58.9 Å². The van der Waals surface area contributed by atoms with Crippen LogP contribution in [0.5, 0.6) is 0 Å². The van der Waals surface area contributed by atoms with E-state index in [1.165, 1.54) is 10.8 Å². The molecule has 4 nitrogen and oxygen atoms in total. The molecule has 0 spiro atoms.